The zero-order valence-electron chi connectivity index (χ0n) is 18.2. The van der Waals surface area contributed by atoms with Crippen molar-refractivity contribution >= 4 is 28.5 Å². The van der Waals surface area contributed by atoms with Crippen LogP contribution in [0, 0.1) is 22.7 Å². The number of hydrogen-bond acceptors (Lipinski definition) is 7. The summed E-state index contributed by atoms with van der Waals surface area (Å²) in [5, 5.41) is 15.5. The number of anilines is 1. The summed E-state index contributed by atoms with van der Waals surface area (Å²) in [7, 11) is 1.60. The molecule has 166 valence electrons. The van der Waals surface area contributed by atoms with Crippen molar-refractivity contribution in [2.75, 3.05) is 18.0 Å². The van der Waals surface area contributed by atoms with Gasteiger partial charge in [-0.25, -0.2) is 4.79 Å². The lowest BCUT2D eigenvalue weighted by atomic mass is 10.0. The van der Waals surface area contributed by atoms with Crippen LogP contribution in [0.15, 0.2) is 33.4 Å². The number of aryl methyl sites for hydroxylation is 1. The van der Waals surface area contributed by atoms with Gasteiger partial charge in [0.2, 0.25) is 5.95 Å². The van der Waals surface area contributed by atoms with E-state index in [0.717, 1.165) is 24.0 Å². The number of nitrogens with one attached hydrogen (secondary N) is 2. The third-order valence-electron chi connectivity index (χ3n) is 5.79. The summed E-state index contributed by atoms with van der Waals surface area (Å²) < 4.78 is 4.29. The topological polar surface area (TPSA) is 139 Å². The summed E-state index contributed by atoms with van der Waals surface area (Å²) in [6, 6.07) is 0.0221. The standard InChI is InChI=1S/C22H26N8O2/c1-3-4-10-29-18-19(26-21(29)28-9-5-6-15(23)13-28)27(2)22(32)30(20(18)31)12-14-7-8-16(24)17(25)11-14/h7-8,11,15,24-25H,5-6,9-10,12-13,23H2,1-2H3. The molecule has 1 saturated heterocycles. The highest BCUT2D eigenvalue weighted by Crippen LogP contribution is 2.23. The van der Waals surface area contributed by atoms with Crippen LogP contribution in [0.1, 0.15) is 19.8 Å². The van der Waals surface area contributed by atoms with Crippen LogP contribution in [-0.2, 0) is 20.1 Å². The van der Waals surface area contributed by atoms with Crippen LogP contribution in [0.25, 0.3) is 11.2 Å². The second kappa shape index (κ2) is 8.43. The van der Waals surface area contributed by atoms with Crippen LogP contribution in [0.5, 0.6) is 0 Å². The summed E-state index contributed by atoms with van der Waals surface area (Å²) in [6.45, 7) is 3.40. The van der Waals surface area contributed by atoms with Crippen LogP contribution in [0.2, 0.25) is 0 Å². The zero-order valence-corrected chi connectivity index (χ0v) is 18.2. The minimum absolute atomic E-state index is 0.00215. The predicted octanol–water partition coefficient (Wildman–Crippen LogP) is 0.383. The number of piperidine rings is 1. The molecule has 1 atom stereocenters. The lowest BCUT2D eigenvalue weighted by Gasteiger charge is -2.31. The Bertz CT molecular complexity index is 1360. The summed E-state index contributed by atoms with van der Waals surface area (Å²) in [6.07, 6.45) is 6.50. The van der Waals surface area contributed by atoms with Crippen molar-refractivity contribution in [3.8, 4) is 11.8 Å². The highest BCUT2D eigenvalue weighted by molar-refractivity contribution is 6.49. The molecular weight excluding hydrogens is 408 g/mol. The molecule has 0 spiro atoms. The van der Waals surface area contributed by atoms with Crippen molar-refractivity contribution in [3.63, 3.8) is 0 Å². The average Bonchev–Trinajstić information content (AvgIpc) is 3.16. The smallest absolute Gasteiger partial charge is 0.332 e. The number of nitrogens with zero attached hydrogens (tertiary/aromatic N) is 5. The summed E-state index contributed by atoms with van der Waals surface area (Å²) in [4.78, 5) is 33.3. The molecule has 10 nitrogen and oxygen atoms in total. The first-order chi connectivity index (χ1) is 15.3. The Morgan fingerprint density at radius 3 is 2.69 bits per heavy atom. The minimum atomic E-state index is -0.489. The van der Waals surface area contributed by atoms with Crippen molar-refractivity contribution in [1.82, 2.24) is 18.7 Å². The number of hydrogen-bond donors (Lipinski definition) is 3. The highest BCUT2D eigenvalue weighted by Gasteiger charge is 2.26. The van der Waals surface area contributed by atoms with Crippen molar-refractivity contribution in [2.45, 2.75) is 38.9 Å². The summed E-state index contributed by atoms with van der Waals surface area (Å²) in [5.41, 5.74) is 6.58. The van der Waals surface area contributed by atoms with E-state index in [2.05, 4.69) is 21.7 Å². The molecule has 4 rings (SSSR count). The van der Waals surface area contributed by atoms with Gasteiger partial charge in [0.1, 0.15) is 0 Å². The van der Waals surface area contributed by atoms with Gasteiger partial charge >= 0.3 is 5.69 Å². The van der Waals surface area contributed by atoms with Gasteiger partial charge in [0.25, 0.3) is 5.56 Å². The van der Waals surface area contributed by atoms with E-state index in [4.69, 9.17) is 16.6 Å². The van der Waals surface area contributed by atoms with Crippen molar-refractivity contribution in [3.05, 3.63) is 44.6 Å². The van der Waals surface area contributed by atoms with Crippen molar-refractivity contribution in [1.29, 1.82) is 10.8 Å². The van der Waals surface area contributed by atoms with E-state index >= 15 is 0 Å². The van der Waals surface area contributed by atoms with Gasteiger partial charge in [-0.2, -0.15) is 4.98 Å². The maximum atomic E-state index is 13.5. The SMILES string of the molecule is CC#CCn1c(N2CCCC(N)C2)nc2c1c(=O)n(CC1=CC(=N)C(=N)C=C1)c(=O)n2C. The van der Waals surface area contributed by atoms with Gasteiger partial charge in [-0.3, -0.25) is 29.3 Å². The maximum absolute atomic E-state index is 13.5. The number of fused-ring (bicyclic) bond motifs is 1. The quantitative estimate of drug-likeness (QED) is 0.472. The molecule has 4 N–H and O–H groups in total. The molecule has 0 radical (unpaired) electrons. The number of imidazole rings is 1. The number of rotatable bonds is 4. The molecule has 0 aromatic carbocycles. The largest absolute Gasteiger partial charge is 0.341 e. The molecule has 10 heteroatoms. The molecule has 1 aliphatic carbocycles. The Morgan fingerprint density at radius 1 is 1.22 bits per heavy atom. The lowest BCUT2D eigenvalue weighted by molar-refractivity contribution is 0.496. The van der Waals surface area contributed by atoms with E-state index in [1.54, 1.807) is 24.6 Å². The minimum Gasteiger partial charge on any atom is -0.341 e. The van der Waals surface area contributed by atoms with Crippen LogP contribution in [-0.4, -0.2) is 49.2 Å². The Morgan fingerprint density at radius 2 is 2.00 bits per heavy atom. The van der Waals surface area contributed by atoms with Gasteiger partial charge in [0.05, 0.1) is 24.5 Å². The van der Waals surface area contributed by atoms with Crippen molar-refractivity contribution < 1.29 is 0 Å². The fourth-order valence-corrected chi connectivity index (χ4v) is 4.11. The molecular formula is C22H26N8O2. The average molecular weight is 435 g/mol. The molecule has 2 aromatic heterocycles. The lowest BCUT2D eigenvalue weighted by Crippen LogP contribution is -2.44. The van der Waals surface area contributed by atoms with Gasteiger partial charge in [0.15, 0.2) is 11.2 Å². The Labute approximate surface area is 184 Å². The normalized spacial score (nSPS) is 18.7. The van der Waals surface area contributed by atoms with E-state index < -0.39 is 11.2 Å². The summed E-state index contributed by atoms with van der Waals surface area (Å²) in [5.74, 6) is 6.47. The number of aromatic nitrogens is 4. The Balaban J connectivity index is 1.90. The Kier molecular flexibility index (Phi) is 5.67. The maximum Gasteiger partial charge on any atom is 0.332 e. The molecule has 1 aliphatic heterocycles. The van der Waals surface area contributed by atoms with Crippen LogP contribution in [0.3, 0.4) is 0 Å². The molecule has 1 fully saturated rings. The van der Waals surface area contributed by atoms with E-state index in [1.807, 2.05) is 0 Å². The number of allylic oxidation sites excluding steroid dienone is 4. The highest BCUT2D eigenvalue weighted by atomic mass is 16.2. The van der Waals surface area contributed by atoms with E-state index in [1.165, 1.54) is 16.7 Å². The second-order valence-corrected chi connectivity index (χ2v) is 8.06. The van der Waals surface area contributed by atoms with Gasteiger partial charge in [-0.15, -0.1) is 5.92 Å². The molecule has 2 aromatic rings. The molecule has 32 heavy (non-hydrogen) atoms. The summed E-state index contributed by atoms with van der Waals surface area (Å²) >= 11 is 0. The first kappa shape index (κ1) is 21.5. The molecule has 0 amide bonds. The molecule has 0 saturated carbocycles. The third kappa shape index (κ3) is 3.71. The van der Waals surface area contributed by atoms with Crippen LogP contribution < -0.4 is 21.9 Å². The van der Waals surface area contributed by atoms with Gasteiger partial charge in [-0.1, -0.05) is 12.0 Å². The van der Waals surface area contributed by atoms with E-state index in [0.29, 0.717) is 29.2 Å². The fraction of sp³-hybridized carbons (Fsp3) is 0.409. The van der Waals surface area contributed by atoms with E-state index in [-0.39, 0.29) is 30.6 Å². The monoisotopic (exact) mass is 434 g/mol. The second-order valence-electron chi connectivity index (χ2n) is 8.06. The zero-order chi connectivity index (χ0) is 23.0. The molecule has 1 unspecified atom stereocenters. The van der Waals surface area contributed by atoms with Gasteiger partial charge in [-0.05, 0) is 37.5 Å². The van der Waals surface area contributed by atoms with Crippen molar-refractivity contribution in [2.24, 2.45) is 12.8 Å². The van der Waals surface area contributed by atoms with Crippen LogP contribution in [0.4, 0.5) is 5.95 Å². The van der Waals surface area contributed by atoms with Crippen LogP contribution >= 0.6 is 0 Å². The Hall–Kier alpha value is -3.71. The number of nitrogens with two attached hydrogens (primary N) is 1. The first-order valence-corrected chi connectivity index (χ1v) is 10.5. The van der Waals surface area contributed by atoms with Gasteiger partial charge in [0, 0.05) is 26.2 Å². The third-order valence-corrected chi connectivity index (χ3v) is 5.79. The van der Waals surface area contributed by atoms with Gasteiger partial charge < -0.3 is 10.6 Å². The fourth-order valence-electron chi connectivity index (χ4n) is 4.11. The predicted molar refractivity (Wildman–Crippen MR) is 125 cm³/mol. The molecule has 3 heterocycles. The molecule has 2 aliphatic rings. The molecule has 0 bridgehead atoms. The van der Waals surface area contributed by atoms with E-state index in [9.17, 15) is 9.59 Å². The first-order valence-electron chi connectivity index (χ1n) is 10.5.